The Morgan fingerprint density at radius 3 is 1.47 bits per heavy atom. The van der Waals surface area contributed by atoms with Gasteiger partial charge in [0.25, 0.3) is 0 Å². The number of rotatable bonds is 6. The molecule has 0 aromatic carbocycles. The SMILES string of the molecule is COC(=O)C(C)(Cl)CCCC(C)(Cl)C(=O)OC. The summed E-state index contributed by atoms with van der Waals surface area (Å²) >= 11 is 12.0. The van der Waals surface area contributed by atoms with Crippen molar-refractivity contribution in [3.05, 3.63) is 0 Å². The van der Waals surface area contributed by atoms with Crippen LogP contribution >= 0.6 is 23.2 Å². The third-order valence-corrected chi connectivity index (χ3v) is 3.20. The van der Waals surface area contributed by atoms with Crippen molar-refractivity contribution in [1.82, 2.24) is 0 Å². The Labute approximate surface area is 112 Å². The molecule has 0 rings (SSSR count). The second-order valence-electron chi connectivity index (χ2n) is 4.23. The zero-order valence-electron chi connectivity index (χ0n) is 10.5. The molecule has 0 saturated carbocycles. The van der Waals surface area contributed by atoms with Crippen molar-refractivity contribution in [3.8, 4) is 0 Å². The van der Waals surface area contributed by atoms with Crippen LogP contribution < -0.4 is 0 Å². The highest BCUT2D eigenvalue weighted by atomic mass is 35.5. The minimum absolute atomic E-state index is 0.376. The van der Waals surface area contributed by atoms with Crippen LogP contribution in [-0.4, -0.2) is 35.9 Å². The first-order chi connectivity index (χ1) is 7.67. The topological polar surface area (TPSA) is 52.6 Å². The molecule has 0 radical (unpaired) electrons. The molecule has 0 saturated heterocycles. The summed E-state index contributed by atoms with van der Waals surface area (Å²) in [5, 5.41) is 0. The van der Waals surface area contributed by atoms with Crippen molar-refractivity contribution >= 4 is 35.1 Å². The first-order valence-corrected chi connectivity index (χ1v) is 5.97. The van der Waals surface area contributed by atoms with Crippen LogP contribution in [0.1, 0.15) is 33.1 Å². The van der Waals surface area contributed by atoms with E-state index in [-0.39, 0.29) is 0 Å². The van der Waals surface area contributed by atoms with Gasteiger partial charge in [-0.05, 0) is 33.1 Å². The average Bonchev–Trinajstić information content (AvgIpc) is 2.25. The molecule has 0 spiro atoms. The summed E-state index contributed by atoms with van der Waals surface area (Å²) in [6, 6.07) is 0. The lowest BCUT2D eigenvalue weighted by Gasteiger charge is -2.22. The molecule has 0 aliphatic carbocycles. The highest BCUT2D eigenvalue weighted by Crippen LogP contribution is 2.29. The van der Waals surface area contributed by atoms with Gasteiger partial charge in [0.2, 0.25) is 0 Å². The number of halogens is 2. The molecule has 100 valence electrons. The van der Waals surface area contributed by atoms with Gasteiger partial charge in [-0.2, -0.15) is 0 Å². The molecular weight excluding hydrogens is 267 g/mol. The molecule has 0 aliphatic rings. The highest BCUT2D eigenvalue weighted by Gasteiger charge is 2.35. The normalized spacial score (nSPS) is 17.8. The van der Waals surface area contributed by atoms with Crippen LogP contribution in [-0.2, 0) is 19.1 Å². The molecule has 0 bridgehead atoms. The maximum Gasteiger partial charge on any atom is 0.326 e. The number of carbonyl (C=O) groups excluding carboxylic acids is 2. The van der Waals surface area contributed by atoms with Crippen LogP contribution in [0.25, 0.3) is 0 Å². The minimum Gasteiger partial charge on any atom is -0.468 e. The van der Waals surface area contributed by atoms with E-state index >= 15 is 0 Å². The van der Waals surface area contributed by atoms with Gasteiger partial charge in [0.15, 0.2) is 0 Å². The summed E-state index contributed by atoms with van der Waals surface area (Å²) in [5.41, 5.74) is 0. The van der Waals surface area contributed by atoms with Crippen LogP contribution in [0.2, 0.25) is 0 Å². The third kappa shape index (κ3) is 5.13. The number of esters is 2. The van der Waals surface area contributed by atoms with Gasteiger partial charge in [-0.15, -0.1) is 23.2 Å². The fourth-order valence-corrected chi connectivity index (χ4v) is 1.80. The summed E-state index contributed by atoms with van der Waals surface area (Å²) in [6.45, 7) is 3.15. The summed E-state index contributed by atoms with van der Waals surface area (Å²) < 4.78 is 9.14. The van der Waals surface area contributed by atoms with Gasteiger partial charge in [0.05, 0.1) is 14.2 Å². The average molecular weight is 285 g/mol. The van der Waals surface area contributed by atoms with E-state index < -0.39 is 21.7 Å². The summed E-state index contributed by atoms with van der Waals surface area (Å²) in [6.07, 6.45) is 1.27. The Bertz CT molecular complexity index is 259. The number of hydrogen-bond donors (Lipinski definition) is 0. The molecule has 0 aliphatic heterocycles. The van der Waals surface area contributed by atoms with Crippen LogP contribution in [0.15, 0.2) is 0 Å². The highest BCUT2D eigenvalue weighted by molar-refractivity contribution is 6.34. The Balaban J connectivity index is 4.24. The lowest BCUT2D eigenvalue weighted by Crippen LogP contribution is -2.33. The lowest BCUT2D eigenvalue weighted by molar-refractivity contribution is -0.143. The van der Waals surface area contributed by atoms with Gasteiger partial charge in [-0.3, -0.25) is 9.59 Å². The molecule has 2 atom stereocenters. The minimum atomic E-state index is -1.09. The molecular formula is C11H18Cl2O4. The van der Waals surface area contributed by atoms with E-state index in [0.717, 1.165) is 0 Å². The monoisotopic (exact) mass is 284 g/mol. The summed E-state index contributed by atoms with van der Waals surface area (Å²) in [4.78, 5) is 20.4. The Kier molecular flexibility index (Phi) is 6.27. The first kappa shape index (κ1) is 16.5. The van der Waals surface area contributed by atoms with Gasteiger partial charge < -0.3 is 9.47 Å². The second kappa shape index (κ2) is 6.45. The van der Waals surface area contributed by atoms with E-state index in [1.807, 2.05) is 0 Å². The van der Waals surface area contributed by atoms with Gasteiger partial charge in [0.1, 0.15) is 9.75 Å². The molecule has 0 amide bonds. The van der Waals surface area contributed by atoms with Gasteiger partial charge in [0, 0.05) is 0 Å². The molecule has 0 aromatic heterocycles. The number of ether oxygens (including phenoxy) is 2. The quantitative estimate of drug-likeness (QED) is 0.556. The maximum absolute atomic E-state index is 11.3. The molecule has 4 nitrogen and oxygen atoms in total. The lowest BCUT2D eigenvalue weighted by atomic mass is 9.97. The molecule has 17 heavy (non-hydrogen) atoms. The predicted molar refractivity (Wildman–Crippen MR) is 66.4 cm³/mol. The van der Waals surface area contributed by atoms with Crippen LogP contribution in [0, 0.1) is 0 Å². The predicted octanol–water partition coefficient (Wildman–Crippen LogP) is 2.50. The van der Waals surface area contributed by atoms with E-state index in [0.29, 0.717) is 19.3 Å². The molecule has 6 heteroatoms. The maximum atomic E-state index is 11.3. The number of alkyl halides is 2. The number of hydrogen-bond acceptors (Lipinski definition) is 4. The van der Waals surface area contributed by atoms with Gasteiger partial charge >= 0.3 is 11.9 Å². The van der Waals surface area contributed by atoms with Gasteiger partial charge in [-0.25, -0.2) is 0 Å². The second-order valence-corrected chi connectivity index (χ2v) is 5.90. The fourth-order valence-electron chi connectivity index (χ4n) is 1.38. The number of methoxy groups -OCH3 is 2. The zero-order chi connectivity index (χ0) is 13.7. The van der Waals surface area contributed by atoms with Crippen LogP contribution in [0.4, 0.5) is 0 Å². The smallest absolute Gasteiger partial charge is 0.326 e. The van der Waals surface area contributed by atoms with Crippen molar-refractivity contribution in [3.63, 3.8) is 0 Å². The third-order valence-electron chi connectivity index (χ3n) is 2.51. The standard InChI is InChI=1S/C11H18Cl2O4/c1-10(12,8(14)16-3)6-5-7-11(2,13)9(15)17-4/h5-7H2,1-4H3. The Morgan fingerprint density at radius 1 is 0.941 bits per heavy atom. The van der Waals surface area contributed by atoms with E-state index in [1.165, 1.54) is 14.2 Å². The van der Waals surface area contributed by atoms with Gasteiger partial charge in [-0.1, -0.05) is 0 Å². The molecule has 0 N–H and O–H groups in total. The van der Waals surface area contributed by atoms with Crippen molar-refractivity contribution in [2.45, 2.75) is 42.9 Å². The molecule has 0 aromatic rings. The van der Waals surface area contributed by atoms with Crippen molar-refractivity contribution < 1.29 is 19.1 Å². The van der Waals surface area contributed by atoms with E-state index in [9.17, 15) is 9.59 Å². The van der Waals surface area contributed by atoms with Crippen molar-refractivity contribution in [1.29, 1.82) is 0 Å². The van der Waals surface area contributed by atoms with E-state index in [1.54, 1.807) is 13.8 Å². The molecule has 0 fully saturated rings. The van der Waals surface area contributed by atoms with Crippen LogP contribution in [0.5, 0.6) is 0 Å². The molecule has 2 unspecified atom stereocenters. The largest absolute Gasteiger partial charge is 0.468 e. The summed E-state index contributed by atoms with van der Waals surface area (Å²) in [5.74, 6) is -0.984. The van der Waals surface area contributed by atoms with Crippen LogP contribution in [0.3, 0.4) is 0 Å². The molecule has 0 heterocycles. The summed E-state index contributed by atoms with van der Waals surface area (Å²) in [7, 11) is 2.56. The zero-order valence-corrected chi connectivity index (χ0v) is 12.0. The van der Waals surface area contributed by atoms with E-state index in [2.05, 4.69) is 9.47 Å². The first-order valence-electron chi connectivity index (χ1n) is 5.22. The van der Waals surface area contributed by atoms with Crippen molar-refractivity contribution in [2.75, 3.05) is 14.2 Å². The number of carbonyl (C=O) groups is 2. The fraction of sp³-hybridized carbons (Fsp3) is 0.818. The Morgan fingerprint density at radius 2 is 1.24 bits per heavy atom. The van der Waals surface area contributed by atoms with E-state index in [4.69, 9.17) is 23.2 Å². The Hall–Kier alpha value is -0.480. The van der Waals surface area contributed by atoms with Crippen molar-refractivity contribution in [2.24, 2.45) is 0 Å².